The lowest BCUT2D eigenvalue weighted by Gasteiger charge is -2.18. The zero-order chi connectivity index (χ0) is 17.6. The molecule has 0 unspecified atom stereocenters. The quantitative estimate of drug-likeness (QED) is 0.701. The fraction of sp³-hybridized carbons (Fsp3) is 0.538. The number of aliphatic carboxylic acids is 1. The fourth-order valence-corrected chi connectivity index (χ4v) is 4.77. The standard InChI is InChI=1S/C13H16N4O5S2/c1-4-8-9(16-12(14)15-4)17(13(21)24-8)10-6(3-7(19)20)23-11(22-10)5(2)18/h5-6,10-11,18H,3H2,1-2H3,(H,19,20)(H2,14,15,16)/t5-,6-,10+,11+/m0/s1. The highest BCUT2D eigenvalue weighted by Gasteiger charge is 2.42. The van der Waals surface area contributed by atoms with E-state index in [2.05, 4.69) is 9.97 Å². The maximum absolute atomic E-state index is 12.5. The van der Waals surface area contributed by atoms with Crippen molar-refractivity contribution in [3.63, 3.8) is 0 Å². The number of nitrogen functional groups attached to an aromatic ring is 1. The van der Waals surface area contributed by atoms with Crippen LogP contribution in [0.4, 0.5) is 5.95 Å². The lowest BCUT2D eigenvalue weighted by atomic mass is 10.2. The highest BCUT2D eigenvalue weighted by atomic mass is 32.2. The van der Waals surface area contributed by atoms with Gasteiger partial charge in [-0.3, -0.25) is 14.2 Å². The van der Waals surface area contributed by atoms with Crippen LogP contribution in [-0.2, 0) is 9.53 Å². The van der Waals surface area contributed by atoms with E-state index in [0.29, 0.717) is 16.0 Å². The Bertz CT molecular complexity index is 849. The summed E-state index contributed by atoms with van der Waals surface area (Å²) in [6, 6.07) is 0. The molecule has 0 aromatic carbocycles. The SMILES string of the molecule is Cc1nc(N)nc2c1sc(=O)n2[C@@H]1O[C@@H]([C@H](C)O)S[C@H]1CC(=O)O. The Labute approximate surface area is 144 Å². The smallest absolute Gasteiger partial charge is 0.311 e. The first-order valence-corrected chi connectivity index (χ1v) is 8.89. The average Bonchev–Trinajstić information content (AvgIpc) is 2.99. The Hall–Kier alpha value is -1.69. The van der Waals surface area contributed by atoms with E-state index in [4.69, 9.17) is 15.6 Å². The van der Waals surface area contributed by atoms with Gasteiger partial charge in [0.25, 0.3) is 0 Å². The number of carboxylic acids is 1. The van der Waals surface area contributed by atoms with E-state index in [0.717, 1.165) is 11.3 Å². The summed E-state index contributed by atoms with van der Waals surface area (Å²) >= 11 is 2.16. The van der Waals surface area contributed by atoms with Gasteiger partial charge >= 0.3 is 10.8 Å². The molecule has 24 heavy (non-hydrogen) atoms. The number of carboxylic acid groups (broad SMARTS) is 1. The van der Waals surface area contributed by atoms with E-state index in [1.807, 2.05) is 0 Å². The van der Waals surface area contributed by atoms with E-state index >= 15 is 0 Å². The summed E-state index contributed by atoms with van der Waals surface area (Å²) in [4.78, 5) is 31.4. The first kappa shape index (κ1) is 17.1. The van der Waals surface area contributed by atoms with Gasteiger partial charge < -0.3 is 20.7 Å². The number of aliphatic hydroxyl groups excluding tert-OH is 1. The number of thioether (sulfide) groups is 1. The monoisotopic (exact) mass is 372 g/mol. The molecule has 0 saturated carbocycles. The average molecular weight is 372 g/mol. The molecule has 1 aliphatic heterocycles. The summed E-state index contributed by atoms with van der Waals surface area (Å²) in [6.07, 6.45) is -1.86. The summed E-state index contributed by atoms with van der Waals surface area (Å²) in [7, 11) is 0. The summed E-state index contributed by atoms with van der Waals surface area (Å²) in [5.74, 6) is -0.982. The number of thiazole rings is 1. The van der Waals surface area contributed by atoms with Gasteiger partial charge in [0.2, 0.25) is 5.95 Å². The van der Waals surface area contributed by atoms with Crippen LogP contribution in [0.25, 0.3) is 10.3 Å². The predicted octanol–water partition coefficient (Wildman–Crippen LogP) is 0.556. The molecule has 1 fully saturated rings. The van der Waals surface area contributed by atoms with Crippen LogP contribution in [0.3, 0.4) is 0 Å². The number of fused-ring (bicyclic) bond motifs is 1. The molecule has 0 spiro atoms. The third-order valence-electron chi connectivity index (χ3n) is 3.57. The van der Waals surface area contributed by atoms with Gasteiger partial charge in [-0.1, -0.05) is 11.3 Å². The molecule has 130 valence electrons. The van der Waals surface area contributed by atoms with E-state index in [9.17, 15) is 14.7 Å². The minimum absolute atomic E-state index is 0.0269. The van der Waals surface area contributed by atoms with Gasteiger partial charge in [-0.25, -0.2) is 4.98 Å². The third-order valence-corrected chi connectivity index (χ3v) is 6.15. The first-order chi connectivity index (χ1) is 11.3. The van der Waals surface area contributed by atoms with E-state index < -0.39 is 29.0 Å². The number of hydrogen-bond acceptors (Lipinski definition) is 9. The number of aliphatic hydroxyl groups is 1. The molecule has 2 aromatic heterocycles. The minimum atomic E-state index is -1.01. The normalized spacial score (nSPS) is 25.2. The molecule has 0 aliphatic carbocycles. The largest absolute Gasteiger partial charge is 0.481 e. The summed E-state index contributed by atoms with van der Waals surface area (Å²) in [5.41, 5.74) is 5.95. The van der Waals surface area contributed by atoms with Crippen molar-refractivity contribution in [2.24, 2.45) is 0 Å². The van der Waals surface area contributed by atoms with E-state index in [1.54, 1.807) is 13.8 Å². The van der Waals surface area contributed by atoms with Gasteiger partial charge in [-0.15, -0.1) is 11.8 Å². The predicted molar refractivity (Wildman–Crippen MR) is 90.0 cm³/mol. The minimum Gasteiger partial charge on any atom is -0.481 e. The lowest BCUT2D eigenvalue weighted by Crippen LogP contribution is -2.29. The Morgan fingerprint density at radius 1 is 1.50 bits per heavy atom. The zero-order valence-electron chi connectivity index (χ0n) is 12.9. The number of hydrogen-bond donors (Lipinski definition) is 3. The van der Waals surface area contributed by atoms with E-state index in [1.165, 1.54) is 16.3 Å². The molecule has 0 amide bonds. The molecule has 3 rings (SSSR count). The number of ether oxygens (including phenoxy) is 1. The second kappa shape index (κ2) is 6.31. The highest BCUT2D eigenvalue weighted by molar-refractivity contribution is 8.00. The Balaban J connectivity index is 2.11. The highest BCUT2D eigenvalue weighted by Crippen LogP contribution is 2.43. The Kier molecular flexibility index (Phi) is 4.51. The van der Waals surface area contributed by atoms with Crippen molar-refractivity contribution >= 4 is 45.4 Å². The molecular formula is C13H16N4O5S2. The van der Waals surface area contributed by atoms with Crippen molar-refractivity contribution in [1.82, 2.24) is 14.5 Å². The van der Waals surface area contributed by atoms with Crippen LogP contribution < -0.4 is 10.6 Å². The van der Waals surface area contributed by atoms with Crippen molar-refractivity contribution in [3.8, 4) is 0 Å². The molecule has 0 bridgehead atoms. The van der Waals surface area contributed by atoms with Crippen LogP contribution in [0, 0.1) is 6.92 Å². The molecule has 1 aliphatic rings. The number of nitrogens with two attached hydrogens (primary N) is 1. The topological polar surface area (TPSA) is 141 Å². The number of anilines is 1. The van der Waals surface area contributed by atoms with Gasteiger partial charge in [0, 0.05) is 0 Å². The van der Waals surface area contributed by atoms with Crippen LogP contribution >= 0.6 is 23.1 Å². The molecule has 1 saturated heterocycles. The van der Waals surface area contributed by atoms with Crippen LogP contribution in [0.15, 0.2) is 4.79 Å². The number of nitrogens with zero attached hydrogens (tertiary/aromatic N) is 3. The zero-order valence-corrected chi connectivity index (χ0v) is 14.5. The van der Waals surface area contributed by atoms with E-state index in [-0.39, 0.29) is 17.2 Å². The molecule has 3 heterocycles. The van der Waals surface area contributed by atoms with Gasteiger partial charge in [0.05, 0.1) is 28.2 Å². The number of rotatable bonds is 4. The molecule has 11 heteroatoms. The maximum Gasteiger partial charge on any atom is 0.311 e. The molecular weight excluding hydrogens is 356 g/mol. The van der Waals surface area contributed by atoms with Crippen molar-refractivity contribution in [2.45, 2.75) is 43.3 Å². The first-order valence-electron chi connectivity index (χ1n) is 7.14. The Morgan fingerprint density at radius 2 is 2.21 bits per heavy atom. The Morgan fingerprint density at radius 3 is 2.83 bits per heavy atom. The van der Waals surface area contributed by atoms with Crippen molar-refractivity contribution in [2.75, 3.05) is 5.73 Å². The number of aromatic nitrogens is 3. The molecule has 9 nitrogen and oxygen atoms in total. The van der Waals surface area contributed by atoms with Crippen LogP contribution in [0.5, 0.6) is 0 Å². The second-order valence-corrected chi connectivity index (χ2v) is 7.77. The van der Waals surface area contributed by atoms with Gasteiger partial charge in [-0.05, 0) is 13.8 Å². The number of carbonyl (C=O) groups is 1. The second-order valence-electron chi connectivity index (χ2n) is 5.47. The van der Waals surface area contributed by atoms with Crippen LogP contribution in [-0.4, -0.2) is 47.5 Å². The molecule has 4 N–H and O–H groups in total. The van der Waals surface area contributed by atoms with Crippen molar-refractivity contribution in [1.29, 1.82) is 0 Å². The summed E-state index contributed by atoms with van der Waals surface area (Å²) in [5, 5.41) is 18.4. The summed E-state index contributed by atoms with van der Waals surface area (Å²) in [6.45, 7) is 3.27. The number of aryl methyl sites for hydroxylation is 1. The maximum atomic E-state index is 12.5. The summed E-state index contributed by atoms with van der Waals surface area (Å²) < 4.78 is 7.66. The van der Waals surface area contributed by atoms with Gasteiger partial charge in [0.1, 0.15) is 5.44 Å². The third kappa shape index (κ3) is 2.99. The molecule has 4 atom stereocenters. The van der Waals surface area contributed by atoms with Gasteiger partial charge in [0.15, 0.2) is 11.9 Å². The fourth-order valence-electron chi connectivity index (χ4n) is 2.57. The van der Waals surface area contributed by atoms with Crippen molar-refractivity contribution in [3.05, 3.63) is 15.4 Å². The molecule has 0 radical (unpaired) electrons. The molecule has 2 aromatic rings. The van der Waals surface area contributed by atoms with Crippen LogP contribution in [0.1, 0.15) is 25.3 Å². The van der Waals surface area contributed by atoms with Crippen molar-refractivity contribution < 1.29 is 19.7 Å². The lowest BCUT2D eigenvalue weighted by molar-refractivity contribution is -0.138. The van der Waals surface area contributed by atoms with Gasteiger partial charge in [-0.2, -0.15) is 4.98 Å². The van der Waals surface area contributed by atoms with Crippen LogP contribution in [0.2, 0.25) is 0 Å².